The summed E-state index contributed by atoms with van der Waals surface area (Å²) >= 11 is 2.20. The number of nitrogens with zero attached hydrogens (tertiary/aromatic N) is 1. The van der Waals surface area contributed by atoms with Crippen molar-refractivity contribution in [2.24, 2.45) is 5.92 Å². The third-order valence-electron chi connectivity index (χ3n) is 5.20. The fraction of sp³-hybridized carbons (Fsp3) is 1.00. The van der Waals surface area contributed by atoms with Gasteiger partial charge < -0.3 is 5.32 Å². The predicted octanol–water partition coefficient (Wildman–Crippen LogP) is 3.37. The van der Waals surface area contributed by atoms with Crippen molar-refractivity contribution in [2.45, 2.75) is 70.2 Å². The van der Waals surface area contributed by atoms with E-state index in [9.17, 15) is 0 Å². The molecule has 0 aromatic carbocycles. The van der Waals surface area contributed by atoms with Crippen LogP contribution >= 0.6 is 11.8 Å². The molecule has 2 fully saturated rings. The molecule has 2 heterocycles. The Morgan fingerprint density at radius 3 is 2.79 bits per heavy atom. The van der Waals surface area contributed by atoms with Gasteiger partial charge in [-0.3, -0.25) is 4.90 Å². The molecule has 0 aliphatic carbocycles. The van der Waals surface area contributed by atoms with E-state index in [1.165, 1.54) is 51.1 Å². The predicted molar refractivity (Wildman–Crippen MR) is 87.0 cm³/mol. The standard InChI is InChI=1S/C16H32N2S/c1-5-13(3)15-11-18(14(6-2)10-17-15)12-16(4)8-7-9-19-16/h13-15,17H,5-12H2,1-4H3. The Hall–Kier alpha value is 0.270. The molecule has 0 saturated carbocycles. The first-order valence-corrected chi connectivity index (χ1v) is 9.18. The summed E-state index contributed by atoms with van der Waals surface area (Å²) < 4.78 is 0.519. The van der Waals surface area contributed by atoms with Gasteiger partial charge in [-0.05, 0) is 37.9 Å². The average Bonchev–Trinajstić information content (AvgIpc) is 2.84. The molecule has 2 aliphatic rings. The zero-order valence-electron chi connectivity index (χ0n) is 13.2. The van der Waals surface area contributed by atoms with Crippen LogP contribution in [0.2, 0.25) is 0 Å². The van der Waals surface area contributed by atoms with Gasteiger partial charge in [0.1, 0.15) is 0 Å². The van der Waals surface area contributed by atoms with Gasteiger partial charge in [0.15, 0.2) is 0 Å². The SMILES string of the molecule is CCC(C)C1CN(CC2(C)CCCS2)C(CC)CN1. The second kappa shape index (κ2) is 6.82. The van der Waals surface area contributed by atoms with Gasteiger partial charge in [0.25, 0.3) is 0 Å². The molecule has 4 unspecified atom stereocenters. The Balaban J connectivity index is 1.97. The van der Waals surface area contributed by atoms with Crippen LogP contribution < -0.4 is 5.32 Å². The molecule has 2 aliphatic heterocycles. The maximum Gasteiger partial charge on any atom is 0.0259 e. The molecule has 2 saturated heterocycles. The van der Waals surface area contributed by atoms with Crippen molar-refractivity contribution in [1.82, 2.24) is 10.2 Å². The van der Waals surface area contributed by atoms with Gasteiger partial charge in [0.2, 0.25) is 0 Å². The number of thioether (sulfide) groups is 1. The molecule has 0 spiro atoms. The van der Waals surface area contributed by atoms with Crippen LogP contribution in [0.4, 0.5) is 0 Å². The summed E-state index contributed by atoms with van der Waals surface area (Å²) in [5, 5.41) is 3.79. The van der Waals surface area contributed by atoms with Crippen molar-refractivity contribution in [3.63, 3.8) is 0 Å². The van der Waals surface area contributed by atoms with Crippen LogP contribution in [-0.2, 0) is 0 Å². The molecule has 0 aromatic heterocycles. The molecule has 2 rings (SSSR count). The second-order valence-electron chi connectivity index (χ2n) is 6.79. The monoisotopic (exact) mass is 284 g/mol. The number of hydrogen-bond acceptors (Lipinski definition) is 3. The van der Waals surface area contributed by atoms with Crippen molar-refractivity contribution in [3.8, 4) is 0 Å². The third-order valence-corrected chi connectivity index (χ3v) is 6.73. The lowest BCUT2D eigenvalue weighted by Crippen LogP contribution is -2.60. The van der Waals surface area contributed by atoms with Gasteiger partial charge in [-0.15, -0.1) is 0 Å². The van der Waals surface area contributed by atoms with E-state index < -0.39 is 0 Å². The van der Waals surface area contributed by atoms with Crippen molar-refractivity contribution in [2.75, 3.05) is 25.4 Å². The average molecular weight is 285 g/mol. The Labute approximate surface area is 124 Å². The van der Waals surface area contributed by atoms with E-state index >= 15 is 0 Å². The first-order chi connectivity index (χ1) is 9.08. The highest BCUT2D eigenvalue weighted by Crippen LogP contribution is 2.39. The fourth-order valence-electron chi connectivity index (χ4n) is 3.54. The highest BCUT2D eigenvalue weighted by molar-refractivity contribution is 8.00. The van der Waals surface area contributed by atoms with Gasteiger partial charge in [-0.2, -0.15) is 11.8 Å². The first kappa shape index (κ1) is 15.7. The van der Waals surface area contributed by atoms with E-state index in [0.717, 1.165) is 12.0 Å². The molecule has 2 nitrogen and oxygen atoms in total. The normalized spacial score (nSPS) is 38.5. The minimum absolute atomic E-state index is 0.519. The quantitative estimate of drug-likeness (QED) is 0.833. The van der Waals surface area contributed by atoms with E-state index in [1.807, 2.05) is 0 Å². The smallest absolute Gasteiger partial charge is 0.0259 e. The molecule has 4 atom stereocenters. The van der Waals surface area contributed by atoms with E-state index in [1.54, 1.807) is 0 Å². The van der Waals surface area contributed by atoms with Crippen LogP contribution in [0, 0.1) is 5.92 Å². The minimum Gasteiger partial charge on any atom is -0.311 e. The van der Waals surface area contributed by atoms with Gasteiger partial charge in [-0.1, -0.05) is 27.2 Å². The maximum atomic E-state index is 3.79. The zero-order chi connectivity index (χ0) is 13.9. The molecule has 1 N–H and O–H groups in total. The van der Waals surface area contributed by atoms with Crippen LogP contribution in [0.1, 0.15) is 53.4 Å². The van der Waals surface area contributed by atoms with E-state index in [-0.39, 0.29) is 0 Å². The van der Waals surface area contributed by atoms with Gasteiger partial charge >= 0.3 is 0 Å². The lowest BCUT2D eigenvalue weighted by molar-refractivity contribution is 0.0970. The van der Waals surface area contributed by atoms with Crippen molar-refractivity contribution in [3.05, 3.63) is 0 Å². The summed E-state index contributed by atoms with van der Waals surface area (Å²) in [5.41, 5.74) is 0. The number of rotatable bonds is 5. The summed E-state index contributed by atoms with van der Waals surface area (Å²) in [5.74, 6) is 2.16. The second-order valence-corrected chi connectivity index (χ2v) is 8.48. The minimum atomic E-state index is 0.519. The van der Waals surface area contributed by atoms with Gasteiger partial charge in [0.05, 0.1) is 0 Å². The first-order valence-electron chi connectivity index (χ1n) is 8.19. The topological polar surface area (TPSA) is 15.3 Å². The highest BCUT2D eigenvalue weighted by atomic mass is 32.2. The lowest BCUT2D eigenvalue weighted by atomic mass is 9.93. The largest absolute Gasteiger partial charge is 0.311 e. The molecule has 3 heteroatoms. The Morgan fingerprint density at radius 1 is 1.42 bits per heavy atom. The van der Waals surface area contributed by atoms with Crippen LogP contribution in [0.25, 0.3) is 0 Å². The van der Waals surface area contributed by atoms with E-state index in [2.05, 4.69) is 49.7 Å². The zero-order valence-corrected chi connectivity index (χ0v) is 14.1. The maximum absolute atomic E-state index is 3.79. The number of nitrogens with one attached hydrogen (secondary N) is 1. The molecule has 112 valence electrons. The van der Waals surface area contributed by atoms with Gasteiger partial charge in [0, 0.05) is 36.5 Å². The lowest BCUT2D eigenvalue weighted by Gasteiger charge is -2.45. The summed E-state index contributed by atoms with van der Waals surface area (Å²) in [6, 6.07) is 1.45. The van der Waals surface area contributed by atoms with Crippen LogP contribution in [0.15, 0.2) is 0 Å². The Morgan fingerprint density at radius 2 is 2.21 bits per heavy atom. The molecule has 19 heavy (non-hydrogen) atoms. The number of piperazine rings is 1. The Kier molecular flexibility index (Phi) is 5.62. The molecule has 0 radical (unpaired) electrons. The van der Waals surface area contributed by atoms with Crippen molar-refractivity contribution >= 4 is 11.8 Å². The molecule has 0 bridgehead atoms. The van der Waals surface area contributed by atoms with E-state index in [0.29, 0.717) is 10.8 Å². The molecular formula is C16H32N2S. The third kappa shape index (κ3) is 3.89. The number of hydrogen-bond donors (Lipinski definition) is 1. The highest BCUT2D eigenvalue weighted by Gasteiger charge is 2.36. The van der Waals surface area contributed by atoms with Crippen LogP contribution in [-0.4, -0.2) is 47.1 Å². The fourth-order valence-corrected chi connectivity index (χ4v) is 4.86. The van der Waals surface area contributed by atoms with Crippen LogP contribution in [0.3, 0.4) is 0 Å². The van der Waals surface area contributed by atoms with Crippen molar-refractivity contribution < 1.29 is 0 Å². The van der Waals surface area contributed by atoms with Crippen molar-refractivity contribution in [1.29, 1.82) is 0 Å². The molecule has 0 amide bonds. The molecule has 0 aromatic rings. The summed E-state index contributed by atoms with van der Waals surface area (Å²) in [6.45, 7) is 13.3. The summed E-state index contributed by atoms with van der Waals surface area (Å²) in [7, 11) is 0. The van der Waals surface area contributed by atoms with Crippen LogP contribution in [0.5, 0.6) is 0 Å². The summed E-state index contributed by atoms with van der Waals surface area (Å²) in [6.07, 6.45) is 5.39. The van der Waals surface area contributed by atoms with E-state index in [4.69, 9.17) is 0 Å². The van der Waals surface area contributed by atoms with Gasteiger partial charge in [-0.25, -0.2) is 0 Å². The summed E-state index contributed by atoms with van der Waals surface area (Å²) in [4.78, 5) is 2.80. The Bertz CT molecular complexity index is 276. The molecular weight excluding hydrogens is 252 g/mol.